The van der Waals surface area contributed by atoms with Crippen LogP contribution < -0.4 is 4.74 Å². The monoisotopic (exact) mass is 444 g/mol. The maximum Gasteiger partial charge on any atom is 0.190 e. The molecule has 0 aliphatic rings. The van der Waals surface area contributed by atoms with Gasteiger partial charge in [0.1, 0.15) is 23.2 Å². The van der Waals surface area contributed by atoms with Gasteiger partial charge in [-0.2, -0.15) is 0 Å². The molecule has 33 heavy (non-hydrogen) atoms. The molecule has 0 spiro atoms. The lowest BCUT2D eigenvalue weighted by atomic mass is 9.91. The minimum atomic E-state index is -0.399. The summed E-state index contributed by atoms with van der Waals surface area (Å²) in [6.07, 6.45) is 2.97. The fraction of sp³-hybridized carbons (Fsp3) is 0.0357. The predicted octanol–water partition coefficient (Wildman–Crippen LogP) is 7.34. The number of carbonyl (C=O) groups excluding carboxylic acids is 1. The minimum absolute atomic E-state index is 0.299. The Balaban J connectivity index is 1.85. The van der Waals surface area contributed by atoms with Crippen molar-refractivity contribution in [1.82, 2.24) is 0 Å². The molecule has 5 heteroatoms. The average Bonchev–Trinajstić information content (AvgIpc) is 2.83. The Bertz CT molecular complexity index is 1310. The molecule has 4 aromatic rings. The summed E-state index contributed by atoms with van der Waals surface area (Å²) < 4.78 is 45.7. The number of carbonyl (C=O) groups is 1. The summed E-state index contributed by atoms with van der Waals surface area (Å²) in [6, 6.07) is 21.0. The van der Waals surface area contributed by atoms with Crippen molar-refractivity contribution in [3.05, 3.63) is 120 Å². The van der Waals surface area contributed by atoms with Gasteiger partial charge in [-0.05, 0) is 82.4 Å². The first kappa shape index (κ1) is 22.1. The number of hydrogen-bond donors (Lipinski definition) is 0. The van der Waals surface area contributed by atoms with Crippen LogP contribution in [-0.2, 0) is 0 Å². The zero-order chi connectivity index (χ0) is 23.4. The number of methoxy groups -OCH3 is 1. The molecule has 0 heterocycles. The fourth-order valence-corrected chi connectivity index (χ4v) is 3.53. The van der Waals surface area contributed by atoms with Crippen molar-refractivity contribution in [1.29, 1.82) is 0 Å². The molecule has 2 nitrogen and oxygen atoms in total. The summed E-state index contributed by atoms with van der Waals surface area (Å²) >= 11 is 0. The zero-order valence-corrected chi connectivity index (χ0v) is 17.7. The molecular formula is C28H19F3O2. The van der Waals surface area contributed by atoms with Gasteiger partial charge in [-0.3, -0.25) is 4.79 Å². The Morgan fingerprint density at radius 3 is 1.76 bits per heavy atom. The molecule has 0 aliphatic carbocycles. The van der Waals surface area contributed by atoms with E-state index in [0.29, 0.717) is 33.6 Å². The van der Waals surface area contributed by atoms with Crippen molar-refractivity contribution >= 4 is 11.9 Å². The molecule has 0 radical (unpaired) electrons. The van der Waals surface area contributed by atoms with Crippen LogP contribution in [0.3, 0.4) is 0 Å². The van der Waals surface area contributed by atoms with E-state index >= 15 is 0 Å². The molecule has 0 fully saturated rings. The highest BCUT2D eigenvalue weighted by Crippen LogP contribution is 2.37. The van der Waals surface area contributed by atoms with Gasteiger partial charge in [0.25, 0.3) is 0 Å². The van der Waals surface area contributed by atoms with Gasteiger partial charge in [-0.25, -0.2) is 13.2 Å². The smallest absolute Gasteiger partial charge is 0.190 e. The van der Waals surface area contributed by atoms with Gasteiger partial charge in [0.2, 0.25) is 0 Å². The van der Waals surface area contributed by atoms with Crippen molar-refractivity contribution in [3.8, 4) is 28.0 Å². The van der Waals surface area contributed by atoms with Gasteiger partial charge >= 0.3 is 0 Å². The third kappa shape index (κ3) is 5.04. The predicted molar refractivity (Wildman–Crippen MR) is 124 cm³/mol. The molecule has 0 saturated heterocycles. The van der Waals surface area contributed by atoms with Gasteiger partial charge in [0.15, 0.2) is 5.78 Å². The quantitative estimate of drug-likeness (QED) is 0.230. The minimum Gasteiger partial charge on any atom is -0.496 e. The molecule has 0 saturated carbocycles. The number of allylic oxidation sites excluding steroid dienone is 1. The topological polar surface area (TPSA) is 26.3 Å². The molecule has 0 amide bonds. The highest BCUT2D eigenvalue weighted by atomic mass is 19.1. The van der Waals surface area contributed by atoms with Crippen LogP contribution in [0.15, 0.2) is 91.0 Å². The summed E-state index contributed by atoms with van der Waals surface area (Å²) in [5, 5.41) is 0. The lowest BCUT2D eigenvalue weighted by molar-refractivity contribution is 0.104. The van der Waals surface area contributed by atoms with E-state index in [0.717, 1.165) is 5.56 Å². The van der Waals surface area contributed by atoms with Crippen LogP contribution in [0.4, 0.5) is 13.2 Å². The largest absolute Gasteiger partial charge is 0.496 e. The zero-order valence-electron chi connectivity index (χ0n) is 17.7. The average molecular weight is 444 g/mol. The van der Waals surface area contributed by atoms with Crippen LogP contribution in [-0.4, -0.2) is 12.9 Å². The van der Waals surface area contributed by atoms with Crippen molar-refractivity contribution in [2.45, 2.75) is 0 Å². The lowest BCUT2D eigenvalue weighted by Gasteiger charge is -2.15. The van der Waals surface area contributed by atoms with E-state index in [1.54, 1.807) is 54.6 Å². The molecule has 0 N–H and O–H groups in total. The number of rotatable bonds is 6. The Morgan fingerprint density at radius 1 is 0.697 bits per heavy atom. The van der Waals surface area contributed by atoms with Gasteiger partial charge in [-0.15, -0.1) is 0 Å². The van der Waals surface area contributed by atoms with Gasteiger partial charge < -0.3 is 4.74 Å². The highest BCUT2D eigenvalue weighted by Gasteiger charge is 2.19. The van der Waals surface area contributed by atoms with Gasteiger partial charge in [0.05, 0.1) is 12.7 Å². The molecule has 4 aromatic carbocycles. The molecule has 0 bridgehead atoms. The number of halogens is 3. The number of benzene rings is 4. The van der Waals surface area contributed by atoms with Gasteiger partial charge in [0, 0.05) is 0 Å². The first-order valence-electron chi connectivity index (χ1n) is 10.2. The van der Waals surface area contributed by atoms with Crippen LogP contribution in [0.25, 0.3) is 28.3 Å². The van der Waals surface area contributed by atoms with Crippen molar-refractivity contribution in [2.24, 2.45) is 0 Å². The third-order valence-electron chi connectivity index (χ3n) is 5.20. The van der Waals surface area contributed by atoms with E-state index in [2.05, 4.69) is 0 Å². The van der Waals surface area contributed by atoms with E-state index in [4.69, 9.17) is 4.74 Å². The maximum atomic E-state index is 13.6. The van der Waals surface area contributed by atoms with E-state index in [1.807, 2.05) is 0 Å². The van der Waals surface area contributed by atoms with Gasteiger partial charge in [-0.1, -0.05) is 42.5 Å². The summed E-state index contributed by atoms with van der Waals surface area (Å²) in [4.78, 5) is 13.3. The summed E-state index contributed by atoms with van der Waals surface area (Å²) in [5.41, 5.74) is 3.58. The Labute approximate surface area is 189 Å². The maximum absolute atomic E-state index is 13.6. The van der Waals surface area contributed by atoms with E-state index in [-0.39, 0.29) is 17.4 Å². The van der Waals surface area contributed by atoms with Crippen LogP contribution in [0.5, 0.6) is 5.75 Å². The lowest BCUT2D eigenvalue weighted by Crippen LogP contribution is -2.03. The fourth-order valence-electron chi connectivity index (χ4n) is 3.53. The number of ketones is 1. The SMILES string of the molecule is COc1cc(-c2ccc(F)cc2)cc(-c2ccc(F)cc2)c1C(=O)/C=C/c1ccc(F)cc1. The van der Waals surface area contributed by atoms with Crippen molar-refractivity contribution in [2.75, 3.05) is 7.11 Å². The van der Waals surface area contributed by atoms with Crippen LogP contribution in [0.1, 0.15) is 15.9 Å². The van der Waals surface area contributed by atoms with Crippen molar-refractivity contribution < 1.29 is 22.7 Å². The molecule has 0 unspecified atom stereocenters. The Hall–Kier alpha value is -4.12. The standard InChI is InChI=1S/C28H19F3O2/c1-33-27-17-21(19-5-11-23(30)12-6-19)16-25(20-7-13-24(31)14-8-20)28(27)26(32)15-4-18-2-9-22(29)10-3-18/h2-17H,1H3/b15-4+. The normalized spacial score (nSPS) is 11.0. The second-order valence-corrected chi connectivity index (χ2v) is 7.36. The Morgan fingerprint density at radius 2 is 1.21 bits per heavy atom. The molecule has 0 aromatic heterocycles. The molecule has 164 valence electrons. The second-order valence-electron chi connectivity index (χ2n) is 7.36. The van der Waals surface area contributed by atoms with Crippen molar-refractivity contribution in [3.63, 3.8) is 0 Å². The molecule has 4 rings (SSSR count). The second kappa shape index (κ2) is 9.57. The Kier molecular flexibility index (Phi) is 6.41. The number of ether oxygens (including phenoxy) is 1. The van der Waals surface area contributed by atoms with Crippen LogP contribution in [0.2, 0.25) is 0 Å². The number of hydrogen-bond acceptors (Lipinski definition) is 2. The third-order valence-corrected chi connectivity index (χ3v) is 5.20. The molecule has 0 aliphatic heterocycles. The summed E-state index contributed by atoms with van der Waals surface area (Å²) in [5.74, 6) is -1.13. The molecule has 0 atom stereocenters. The molecular weight excluding hydrogens is 425 g/mol. The summed E-state index contributed by atoms with van der Waals surface area (Å²) in [7, 11) is 1.46. The first-order chi connectivity index (χ1) is 15.9. The van der Waals surface area contributed by atoms with Crippen LogP contribution in [0, 0.1) is 17.5 Å². The van der Waals surface area contributed by atoms with Crippen LogP contribution >= 0.6 is 0 Å². The van der Waals surface area contributed by atoms with E-state index in [9.17, 15) is 18.0 Å². The van der Waals surface area contributed by atoms with E-state index < -0.39 is 5.82 Å². The first-order valence-corrected chi connectivity index (χ1v) is 10.2. The highest BCUT2D eigenvalue weighted by molar-refractivity contribution is 6.13. The van der Waals surface area contributed by atoms with E-state index in [1.165, 1.54) is 49.6 Å². The summed E-state index contributed by atoms with van der Waals surface area (Å²) in [6.45, 7) is 0.